The molecule has 380 valence electrons. The van der Waals surface area contributed by atoms with Crippen LogP contribution < -0.4 is 0 Å². The van der Waals surface area contributed by atoms with Crippen LogP contribution in [0.25, 0.3) is 6.08 Å². The Hall–Kier alpha value is -2.19. The van der Waals surface area contributed by atoms with Crippen LogP contribution in [0, 0.1) is 17.8 Å². The van der Waals surface area contributed by atoms with Gasteiger partial charge in [0.15, 0.2) is 28.2 Å². The minimum Gasteiger partial charge on any atom is -0.463 e. The molecule has 3 heterocycles. The fraction of sp³-hybridized carbons (Fsp3) is 0.745. The highest BCUT2D eigenvalue weighted by Crippen LogP contribution is 2.45. The van der Waals surface area contributed by atoms with Gasteiger partial charge in [0.25, 0.3) is 0 Å². The Morgan fingerprint density at radius 2 is 1.57 bits per heavy atom. The van der Waals surface area contributed by atoms with E-state index in [0.29, 0.717) is 31.4 Å². The van der Waals surface area contributed by atoms with E-state index in [0.717, 1.165) is 36.4 Å². The van der Waals surface area contributed by atoms with E-state index in [-0.39, 0.29) is 58.4 Å². The quantitative estimate of drug-likeness (QED) is 0.0316. The van der Waals surface area contributed by atoms with Crippen molar-refractivity contribution in [2.45, 2.75) is 253 Å². The third-order valence-corrected chi connectivity index (χ3v) is 24.2. The van der Waals surface area contributed by atoms with Crippen molar-refractivity contribution in [2.24, 2.45) is 5.92 Å². The van der Waals surface area contributed by atoms with Gasteiger partial charge in [-0.1, -0.05) is 111 Å². The van der Waals surface area contributed by atoms with Gasteiger partial charge in [0.2, 0.25) is 0 Å². The lowest BCUT2D eigenvalue weighted by atomic mass is 9.85. The first-order valence-electron chi connectivity index (χ1n) is 25.2. The predicted molar refractivity (Wildman–Crippen MR) is 284 cm³/mol. The number of allylic oxidation sites excluding steroid dienone is 4. The first-order valence-corrected chi connectivity index (χ1v) is 31.9. The number of carbonyl (C=O) groups excluding carboxylic acids is 1. The van der Waals surface area contributed by atoms with Crippen LogP contribution >= 0.6 is 11.3 Å². The molecule has 0 N–H and O–H groups in total. The number of ether oxygens (including phenoxy) is 5. The molecule has 0 unspecified atom stereocenters. The zero-order chi connectivity index (χ0) is 50.8. The summed E-state index contributed by atoms with van der Waals surface area (Å²) in [5.41, 5.74) is 3.82. The maximum atomic E-state index is 12.8. The minimum atomic E-state index is -2.37. The number of carbonyl (C=O) groups is 1. The molecule has 2 saturated heterocycles. The van der Waals surface area contributed by atoms with Crippen molar-refractivity contribution < 1.29 is 37.3 Å². The number of rotatable bonds is 20. The molecule has 0 aromatic carbocycles. The summed E-state index contributed by atoms with van der Waals surface area (Å²) >= 11 is 1.60. The third-order valence-electron chi connectivity index (χ3n) is 14.1. The van der Waals surface area contributed by atoms with Crippen molar-refractivity contribution in [3.05, 3.63) is 57.1 Å². The SMILES string of the molecule is C/C=C(C)/C=C(\C)[C@H]1OC(C)(C)O[C@@H]([C@H](O[Si](C)(C)C(C)(C)C)[C@H](CC#C/C=C/[C@@H]2C[C@@H]([C@@H](C)c3nc(/C=C(\CCCCCC)C(=O)OCC)cs3)OC(C)(C)O2)O[Si](C)(C)C(C)(C)C)[C@H]1C. The highest BCUT2D eigenvalue weighted by Gasteiger charge is 2.52. The van der Waals surface area contributed by atoms with E-state index < -0.39 is 34.3 Å². The number of thiazole rings is 1. The summed E-state index contributed by atoms with van der Waals surface area (Å²) in [6.07, 6.45) is 14.8. The first kappa shape index (κ1) is 59.1. The van der Waals surface area contributed by atoms with Gasteiger partial charge >= 0.3 is 5.97 Å². The van der Waals surface area contributed by atoms with E-state index in [4.69, 9.17) is 37.5 Å². The fourth-order valence-corrected chi connectivity index (χ4v) is 11.6. The minimum absolute atomic E-state index is 0.00441. The Morgan fingerprint density at radius 3 is 2.16 bits per heavy atom. The Labute approximate surface area is 414 Å². The summed E-state index contributed by atoms with van der Waals surface area (Å²) < 4.78 is 47.1. The molecule has 12 heteroatoms. The topological polar surface area (TPSA) is 94.6 Å². The van der Waals surface area contributed by atoms with Crippen LogP contribution in [0.1, 0.15) is 179 Å². The van der Waals surface area contributed by atoms with Crippen molar-refractivity contribution in [3.8, 4) is 11.8 Å². The lowest BCUT2D eigenvalue weighted by Gasteiger charge is -2.52. The lowest BCUT2D eigenvalue weighted by molar-refractivity contribution is -0.327. The second kappa shape index (κ2) is 24.8. The number of hydrogen-bond acceptors (Lipinski definition) is 10. The monoisotopic (exact) mass is 984 g/mol. The summed E-state index contributed by atoms with van der Waals surface area (Å²) in [4.78, 5) is 17.8. The maximum Gasteiger partial charge on any atom is 0.334 e. The molecule has 1 aromatic rings. The molecule has 9 nitrogen and oxygen atoms in total. The normalized spacial score (nSPS) is 24.8. The molecule has 0 radical (unpaired) electrons. The van der Waals surface area contributed by atoms with Crippen molar-refractivity contribution in [1.29, 1.82) is 0 Å². The smallest absolute Gasteiger partial charge is 0.334 e. The van der Waals surface area contributed by atoms with Crippen LogP contribution in [-0.4, -0.2) is 82.4 Å². The van der Waals surface area contributed by atoms with Gasteiger partial charge in [0, 0.05) is 35.6 Å². The molecular weight excluding hydrogens is 891 g/mol. The Balaban J connectivity index is 1.97. The van der Waals surface area contributed by atoms with Crippen LogP contribution in [0.2, 0.25) is 36.3 Å². The molecule has 2 aliphatic heterocycles. The van der Waals surface area contributed by atoms with E-state index in [1.807, 2.05) is 52.2 Å². The summed E-state index contributed by atoms with van der Waals surface area (Å²) in [6, 6.07) is 0. The second-order valence-electron chi connectivity index (χ2n) is 23.0. The number of unbranched alkanes of at least 4 members (excludes halogenated alkanes) is 3. The molecule has 0 saturated carbocycles. The van der Waals surface area contributed by atoms with E-state index in [9.17, 15) is 4.79 Å². The average Bonchev–Trinajstić information content (AvgIpc) is 3.68. The fourth-order valence-electron chi connectivity index (χ4n) is 8.09. The maximum absolute atomic E-state index is 12.8. The van der Waals surface area contributed by atoms with Gasteiger partial charge in [-0.25, -0.2) is 9.78 Å². The van der Waals surface area contributed by atoms with Gasteiger partial charge in [-0.2, -0.15) is 0 Å². The molecular formula is C55H93NO8SSi2. The van der Waals surface area contributed by atoms with Gasteiger partial charge in [-0.3, -0.25) is 0 Å². The number of nitrogens with zero attached hydrogens (tertiary/aromatic N) is 1. The van der Waals surface area contributed by atoms with Gasteiger partial charge in [0.05, 0.1) is 53.9 Å². The average molecular weight is 985 g/mol. The zero-order valence-electron chi connectivity index (χ0n) is 45.9. The van der Waals surface area contributed by atoms with Gasteiger partial charge in [0.1, 0.15) is 0 Å². The lowest BCUT2D eigenvalue weighted by Crippen LogP contribution is -2.62. The molecule has 67 heavy (non-hydrogen) atoms. The number of esters is 1. The van der Waals surface area contributed by atoms with Crippen LogP contribution in [0.15, 0.2) is 46.4 Å². The molecule has 0 amide bonds. The Kier molecular flexibility index (Phi) is 21.9. The van der Waals surface area contributed by atoms with Crippen molar-refractivity contribution in [1.82, 2.24) is 4.98 Å². The van der Waals surface area contributed by atoms with Crippen molar-refractivity contribution >= 4 is 40.0 Å². The number of hydrogen-bond donors (Lipinski definition) is 0. The van der Waals surface area contributed by atoms with E-state index >= 15 is 0 Å². The summed E-state index contributed by atoms with van der Waals surface area (Å²) in [5, 5.41) is 2.90. The zero-order valence-corrected chi connectivity index (χ0v) is 48.7. The first-order chi connectivity index (χ1) is 30.9. The van der Waals surface area contributed by atoms with Crippen molar-refractivity contribution in [2.75, 3.05) is 6.61 Å². The Bertz CT molecular complexity index is 1940. The molecule has 3 rings (SSSR count). The van der Waals surface area contributed by atoms with Gasteiger partial charge < -0.3 is 32.5 Å². The molecule has 0 aliphatic carbocycles. The summed E-state index contributed by atoms with van der Waals surface area (Å²) in [7, 11) is -4.71. The Morgan fingerprint density at radius 1 is 0.940 bits per heavy atom. The van der Waals surface area contributed by atoms with E-state index in [1.165, 1.54) is 11.1 Å². The largest absolute Gasteiger partial charge is 0.463 e. The molecule has 8 atom stereocenters. The summed E-state index contributed by atoms with van der Waals surface area (Å²) in [5.74, 6) is 4.99. The van der Waals surface area contributed by atoms with Crippen LogP contribution in [0.5, 0.6) is 0 Å². The highest BCUT2D eigenvalue weighted by atomic mass is 32.1. The molecule has 2 fully saturated rings. The van der Waals surface area contributed by atoms with Crippen LogP contribution in [0.3, 0.4) is 0 Å². The number of aromatic nitrogens is 1. The molecule has 1 aromatic heterocycles. The third kappa shape index (κ3) is 17.6. The summed E-state index contributed by atoms with van der Waals surface area (Å²) in [6.45, 7) is 46.1. The van der Waals surface area contributed by atoms with E-state index in [2.05, 4.69) is 139 Å². The molecule has 0 bridgehead atoms. The van der Waals surface area contributed by atoms with Crippen LogP contribution in [-0.2, 0) is 37.3 Å². The van der Waals surface area contributed by atoms with Crippen LogP contribution in [0.4, 0.5) is 0 Å². The second-order valence-corrected chi connectivity index (χ2v) is 33.4. The van der Waals surface area contributed by atoms with Crippen molar-refractivity contribution in [3.63, 3.8) is 0 Å². The van der Waals surface area contributed by atoms with E-state index in [1.54, 1.807) is 11.3 Å². The van der Waals surface area contributed by atoms with Gasteiger partial charge in [-0.05, 0) is 128 Å². The highest BCUT2D eigenvalue weighted by molar-refractivity contribution is 7.09. The molecule has 0 spiro atoms. The van der Waals surface area contributed by atoms with Gasteiger partial charge in [-0.15, -0.1) is 11.3 Å². The standard InChI is InChI=1S/C55H93NO8SSi2/c1-22-25-26-28-31-42(51(57)58-24-3)35-43-37-65-50(56-43)40(6)46-36-44(59-54(14,15)60-46)32-29-27-30-33-45(63-66(18,19)52(8,9)10)49(64-67(20,21)53(11,12)13)48-41(7)47(61-55(16,17)62-48)39(5)34-38(4)23-2/h23,29,32,34-35,37,40-41,44-49H,22,24-26,28,31,33,36H2,1-21H3/b32-29+,38-23+,39-34+,42-35+/t40-,41+,44-,45+,46+,47-,48-,49-/m1/s1. The molecule has 2 aliphatic rings. The predicted octanol–water partition coefficient (Wildman–Crippen LogP) is 14.9.